The number of halogens is 3. The molecule has 0 heterocycles. The van der Waals surface area contributed by atoms with E-state index in [4.69, 9.17) is 0 Å². The highest BCUT2D eigenvalue weighted by Crippen LogP contribution is 2.33. The molecule has 7 N–H and O–H groups in total. The van der Waals surface area contributed by atoms with Gasteiger partial charge in [0, 0.05) is 17.1 Å². The van der Waals surface area contributed by atoms with Gasteiger partial charge in [-0.15, -0.1) is 0 Å². The van der Waals surface area contributed by atoms with E-state index in [0.29, 0.717) is 12.7 Å². The van der Waals surface area contributed by atoms with Crippen LogP contribution in [0, 0.1) is 10.7 Å². The van der Waals surface area contributed by atoms with E-state index in [-0.39, 0.29) is 21.1 Å². The Morgan fingerprint density at radius 1 is 0.774 bits per heavy atom. The van der Waals surface area contributed by atoms with Gasteiger partial charge in [0.25, 0.3) is 11.8 Å². The summed E-state index contributed by atoms with van der Waals surface area (Å²) in [6.07, 6.45) is -1.49. The maximum atomic E-state index is 12.9. The zero-order valence-electron chi connectivity index (χ0n) is 16.4. The van der Waals surface area contributed by atoms with Crippen molar-refractivity contribution in [1.82, 2.24) is 10.6 Å². The standard InChI is InChI=1S/C18H23I3N2O8/c1-7(28)11(29)2-10-14(19)12(17(30)22-8(3-24)4-25)16(21)13(15(10)20)18(31)23-9(5-26)6-27/h7-9,24-28H,2-6H2,1H3,(H,22,30)(H,23,31)/t7-/m0/s1. The molecule has 0 spiro atoms. The molecule has 0 fully saturated rings. The summed E-state index contributed by atoms with van der Waals surface area (Å²) in [6.45, 7) is -0.704. The van der Waals surface area contributed by atoms with Crippen LogP contribution in [0.25, 0.3) is 0 Å². The Morgan fingerprint density at radius 2 is 1.13 bits per heavy atom. The first-order valence-electron chi connectivity index (χ1n) is 8.99. The average Bonchev–Trinajstić information content (AvgIpc) is 2.72. The molecule has 2 amide bonds. The molecule has 0 radical (unpaired) electrons. The van der Waals surface area contributed by atoms with Gasteiger partial charge in [-0.25, -0.2) is 0 Å². The van der Waals surface area contributed by atoms with Gasteiger partial charge >= 0.3 is 0 Å². The smallest absolute Gasteiger partial charge is 0.253 e. The molecule has 0 bridgehead atoms. The molecule has 0 aliphatic carbocycles. The number of aliphatic hydroxyl groups is 5. The summed E-state index contributed by atoms with van der Waals surface area (Å²) in [6, 6.07) is -1.85. The number of aliphatic hydroxyl groups excluding tert-OH is 5. The van der Waals surface area contributed by atoms with Gasteiger partial charge in [0.15, 0.2) is 5.78 Å². The lowest BCUT2D eigenvalue weighted by Gasteiger charge is -2.22. The minimum absolute atomic E-state index is 0.0663. The number of amides is 2. The monoisotopic (exact) mass is 776 g/mol. The number of carbonyl (C=O) groups excluding carboxylic acids is 3. The molecule has 10 nitrogen and oxygen atoms in total. The lowest BCUT2D eigenvalue weighted by Crippen LogP contribution is -2.42. The van der Waals surface area contributed by atoms with Crippen LogP contribution in [-0.2, 0) is 11.2 Å². The Labute approximate surface area is 219 Å². The van der Waals surface area contributed by atoms with Gasteiger partial charge in [-0.1, -0.05) is 0 Å². The van der Waals surface area contributed by atoms with E-state index in [2.05, 4.69) is 10.6 Å². The minimum Gasteiger partial charge on any atom is -0.394 e. The van der Waals surface area contributed by atoms with Gasteiger partial charge in [-0.05, 0) is 80.3 Å². The predicted octanol–water partition coefficient (Wildman–Crippen LogP) is -0.841. The van der Waals surface area contributed by atoms with Crippen molar-refractivity contribution in [3.05, 3.63) is 27.4 Å². The van der Waals surface area contributed by atoms with E-state index in [1.54, 1.807) is 0 Å². The first kappa shape index (κ1) is 28.9. The highest BCUT2D eigenvalue weighted by Gasteiger charge is 2.30. The maximum Gasteiger partial charge on any atom is 0.253 e. The number of carbonyl (C=O) groups is 3. The van der Waals surface area contributed by atoms with Crippen LogP contribution in [0.15, 0.2) is 0 Å². The fourth-order valence-electron chi connectivity index (χ4n) is 2.40. The molecule has 0 aliphatic heterocycles. The first-order valence-corrected chi connectivity index (χ1v) is 12.2. The molecular formula is C18H23I3N2O8. The van der Waals surface area contributed by atoms with Crippen molar-refractivity contribution in [1.29, 1.82) is 0 Å². The van der Waals surface area contributed by atoms with E-state index in [1.807, 2.05) is 67.8 Å². The van der Waals surface area contributed by atoms with Crippen molar-refractivity contribution in [3.8, 4) is 0 Å². The van der Waals surface area contributed by atoms with Crippen LogP contribution in [0.4, 0.5) is 0 Å². The fraction of sp³-hybridized carbons (Fsp3) is 0.500. The molecule has 0 aromatic heterocycles. The van der Waals surface area contributed by atoms with Crippen molar-refractivity contribution >= 4 is 85.4 Å². The molecule has 1 aromatic carbocycles. The zero-order valence-corrected chi connectivity index (χ0v) is 22.8. The predicted molar refractivity (Wildman–Crippen MR) is 136 cm³/mol. The largest absolute Gasteiger partial charge is 0.394 e. The van der Waals surface area contributed by atoms with Crippen LogP contribution in [0.1, 0.15) is 33.2 Å². The van der Waals surface area contributed by atoms with Crippen molar-refractivity contribution in [2.24, 2.45) is 0 Å². The van der Waals surface area contributed by atoms with E-state index in [9.17, 15) is 39.9 Å². The van der Waals surface area contributed by atoms with Crippen molar-refractivity contribution in [2.75, 3.05) is 26.4 Å². The molecule has 174 valence electrons. The van der Waals surface area contributed by atoms with Crippen LogP contribution < -0.4 is 10.6 Å². The number of rotatable bonds is 11. The molecule has 0 unspecified atom stereocenters. The summed E-state index contributed by atoms with van der Waals surface area (Å²) >= 11 is 5.56. The van der Waals surface area contributed by atoms with Gasteiger partial charge in [0.2, 0.25) is 0 Å². The van der Waals surface area contributed by atoms with Gasteiger partial charge in [0.1, 0.15) is 6.10 Å². The summed E-state index contributed by atoms with van der Waals surface area (Å²) in [5.74, 6) is -1.85. The summed E-state index contributed by atoms with van der Waals surface area (Å²) in [5, 5.41) is 51.6. The molecule has 1 atom stereocenters. The Kier molecular flexibility index (Phi) is 12.6. The van der Waals surface area contributed by atoms with E-state index in [1.165, 1.54) is 6.92 Å². The molecule has 0 aliphatic rings. The highest BCUT2D eigenvalue weighted by atomic mass is 127. The van der Waals surface area contributed by atoms with Gasteiger partial charge in [-0.2, -0.15) is 0 Å². The Hall–Kier alpha value is -0.180. The first-order chi connectivity index (χ1) is 14.5. The average molecular weight is 776 g/mol. The van der Waals surface area contributed by atoms with Crippen LogP contribution >= 0.6 is 67.8 Å². The fourth-order valence-corrected chi connectivity index (χ4v) is 6.93. The summed E-state index contributed by atoms with van der Waals surface area (Å²) in [4.78, 5) is 38.0. The van der Waals surface area contributed by atoms with Crippen molar-refractivity contribution in [2.45, 2.75) is 31.5 Å². The molecule has 1 aromatic rings. The number of benzene rings is 1. The summed E-state index contributed by atoms with van der Waals surface area (Å²) < 4.78 is 1.01. The molecule has 0 saturated carbocycles. The highest BCUT2D eigenvalue weighted by molar-refractivity contribution is 14.1. The van der Waals surface area contributed by atoms with Crippen LogP contribution in [-0.4, -0.2) is 87.7 Å². The zero-order chi connectivity index (χ0) is 23.9. The van der Waals surface area contributed by atoms with Crippen LogP contribution in [0.2, 0.25) is 0 Å². The van der Waals surface area contributed by atoms with Crippen LogP contribution in [0.5, 0.6) is 0 Å². The Bertz CT molecular complexity index is 774. The molecule has 31 heavy (non-hydrogen) atoms. The van der Waals surface area contributed by atoms with E-state index >= 15 is 0 Å². The molecular weight excluding hydrogens is 753 g/mol. The maximum absolute atomic E-state index is 12.9. The lowest BCUT2D eigenvalue weighted by atomic mass is 9.99. The summed E-state index contributed by atoms with van der Waals surface area (Å²) in [5.41, 5.74) is 0.491. The third kappa shape index (κ3) is 7.41. The molecule has 13 heteroatoms. The van der Waals surface area contributed by atoms with E-state index in [0.717, 1.165) is 0 Å². The normalized spacial score (nSPS) is 12.2. The topological polar surface area (TPSA) is 176 Å². The Morgan fingerprint density at radius 3 is 1.42 bits per heavy atom. The van der Waals surface area contributed by atoms with Crippen molar-refractivity contribution < 1.29 is 39.9 Å². The number of nitrogens with one attached hydrogen (secondary N) is 2. The molecule has 0 saturated heterocycles. The second-order valence-corrected chi connectivity index (χ2v) is 9.80. The number of ketones is 1. The second kappa shape index (κ2) is 13.5. The quantitative estimate of drug-likeness (QED) is 0.143. The van der Waals surface area contributed by atoms with E-state index < -0.39 is 62.2 Å². The number of hydrogen-bond donors (Lipinski definition) is 7. The third-order valence-electron chi connectivity index (χ3n) is 4.23. The SMILES string of the molecule is C[C@H](O)C(=O)Cc1c(I)c(C(=O)NC(CO)CO)c(I)c(C(=O)NC(CO)CO)c1I. The molecule has 1 rings (SSSR count). The second-order valence-electron chi connectivity index (χ2n) is 6.56. The third-order valence-corrected chi connectivity index (χ3v) is 7.69. The van der Waals surface area contributed by atoms with Gasteiger partial charge in [-0.3, -0.25) is 14.4 Å². The number of Topliss-reactive ketones (excluding diaryl/α,β-unsaturated/α-hetero) is 1. The van der Waals surface area contributed by atoms with Gasteiger partial charge in [0.05, 0.1) is 49.6 Å². The van der Waals surface area contributed by atoms with Gasteiger partial charge < -0.3 is 36.2 Å². The van der Waals surface area contributed by atoms with Crippen molar-refractivity contribution in [3.63, 3.8) is 0 Å². The number of hydrogen-bond acceptors (Lipinski definition) is 8. The minimum atomic E-state index is -1.25. The summed E-state index contributed by atoms with van der Waals surface area (Å²) in [7, 11) is 0. The lowest BCUT2D eigenvalue weighted by molar-refractivity contribution is -0.125. The van der Waals surface area contributed by atoms with Crippen LogP contribution in [0.3, 0.4) is 0 Å². The Balaban J connectivity index is 3.66.